The maximum absolute atomic E-state index is 13.2. The molecule has 2 aliphatic rings. The Morgan fingerprint density at radius 1 is 1.00 bits per heavy atom. The Labute approximate surface area is 198 Å². The topological polar surface area (TPSA) is 93.5 Å². The van der Waals surface area contributed by atoms with Crippen molar-refractivity contribution in [3.8, 4) is 17.0 Å². The Morgan fingerprint density at radius 3 is 2.50 bits per heavy atom. The summed E-state index contributed by atoms with van der Waals surface area (Å²) in [7, 11) is 1.61. The van der Waals surface area contributed by atoms with Gasteiger partial charge in [0.1, 0.15) is 11.8 Å². The van der Waals surface area contributed by atoms with Gasteiger partial charge in [0.05, 0.1) is 18.5 Å². The molecule has 0 N–H and O–H groups in total. The number of amides is 1. The molecule has 3 aromatic rings. The average Bonchev–Trinajstić information content (AvgIpc) is 3.36. The maximum atomic E-state index is 13.2. The van der Waals surface area contributed by atoms with Crippen molar-refractivity contribution in [2.75, 3.05) is 38.2 Å². The van der Waals surface area contributed by atoms with Gasteiger partial charge in [-0.2, -0.15) is 10.2 Å². The van der Waals surface area contributed by atoms with E-state index < -0.39 is 6.04 Å². The number of fused-ring (bicyclic) bond motifs is 1. The quantitative estimate of drug-likeness (QED) is 0.576. The number of rotatable bonds is 5. The Morgan fingerprint density at radius 2 is 1.76 bits per heavy atom. The van der Waals surface area contributed by atoms with Crippen molar-refractivity contribution in [2.24, 2.45) is 0 Å². The van der Waals surface area contributed by atoms with Crippen LogP contribution in [0.1, 0.15) is 30.6 Å². The van der Waals surface area contributed by atoms with Gasteiger partial charge in [0.2, 0.25) is 5.91 Å². The summed E-state index contributed by atoms with van der Waals surface area (Å²) in [6, 6.07) is 12.0. The lowest BCUT2D eigenvalue weighted by Crippen LogP contribution is -2.51. The van der Waals surface area contributed by atoms with Crippen molar-refractivity contribution < 1.29 is 9.53 Å². The van der Waals surface area contributed by atoms with E-state index in [1.54, 1.807) is 25.0 Å². The average molecular weight is 461 g/mol. The van der Waals surface area contributed by atoms with Gasteiger partial charge < -0.3 is 14.5 Å². The number of aromatic nitrogens is 4. The van der Waals surface area contributed by atoms with Gasteiger partial charge in [0.15, 0.2) is 5.82 Å². The summed E-state index contributed by atoms with van der Waals surface area (Å²) in [5.74, 6) is 1.51. The van der Waals surface area contributed by atoms with Crippen LogP contribution in [0.5, 0.6) is 5.75 Å². The molecule has 1 amide bonds. The van der Waals surface area contributed by atoms with Gasteiger partial charge in [-0.25, -0.2) is 4.68 Å². The molecule has 0 saturated carbocycles. The fourth-order valence-corrected chi connectivity index (χ4v) is 4.61. The number of methoxy groups -OCH3 is 1. The molecule has 1 saturated heterocycles. The van der Waals surface area contributed by atoms with Gasteiger partial charge in [-0.1, -0.05) is 0 Å². The Bertz CT molecular complexity index is 1250. The summed E-state index contributed by atoms with van der Waals surface area (Å²) in [5, 5.41) is 13.3. The Balaban J connectivity index is 1.27. The van der Waals surface area contributed by atoms with Crippen molar-refractivity contribution in [3.05, 3.63) is 64.1 Å². The number of benzene rings is 1. The van der Waals surface area contributed by atoms with Gasteiger partial charge in [0.25, 0.3) is 5.56 Å². The number of nitrogens with zero attached hydrogens (tertiary/aromatic N) is 6. The maximum Gasteiger partial charge on any atom is 0.267 e. The minimum absolute atomic E-state index is 0.110. The lowest BCUT2D eigenvalue weighted by molar-refractivity contribution is -0.135. The number of hydrogen-bond donors (Lipinski definition) is 0. The van der Waals surface area contributed by atoms with E-state index in [2.05, 4.69) is 26.3 Å². The minimum Gasteiger partial charge on any atom is -0.497 e. The molecule has 1 aliphatic carbocycles. The summed E-state index contributed by atoms with van der Waals surface area (Å²) >= 11 is 0. The van der Waals surface area contributed by atoms with Gasteiger partial charge in [-0.15, -0.1) is 5.10 Å². The molecule has 1 aliphatic heterocycles. The smallest absolute Gasteiger partial charge is 0.267 e. The number of aryl methyl sites for hydroxylation is 2. The zero-order chi connectivity index (χ0) is 23.7. The number of carbonyl (C=O) groups excluding carboxylic acids is 1. The zero-order valence-electron chi connectivity index (χ0n) is 19.5. The molecular weight excluding hydrogens is 432 g/mol. The minimum atomic E-state index is -0.697. The first-order valence-corrected chi connectivity index (χ1v) is 11.7. The third-order valence-corrected chi connectivity index (χ3v) is 6.66. The predicted octanol–water partition coefficient (Wildman–Crippen LogP) is 2.11. The molecule has 9 nitrogen and oxygen atoms in total. The molecule has 3 heterocycles. The van der Waals surface area contributed by atoms with Crippen molar-refractivity contribution in [3.63, 3.8) is 0 Å². The molecule has 1 unspecified atom stereocenters. The van der Waals surface area contributed by atoms with Gasteiger partial charge >= 0.3 is 0 Å². The fraction of sp³-hybridized carbons (Fsp3) is 0.400. The Kier molecular flexibility index (Phi) is 6.00. The molecule has 0 bridgehead atoms. The summed E-state index contributed by atoms with van der Waals surface area (Å²) in [6.45, 7) is 4.22. The molecular formula is C25H28N6O3. The van der Waals surface area contributed by atoms with Crippen molar-refractivity contribution in [2.45, 2.75) is 32.2 Å². The van der Waals surface area contributed by atoms with Crippen LogP contribution in [0.2, 0.25) is 0 Å². The van der Waals surface area contributed by atoms with Crippen molar-refractivity contribution in [1.82, 2.24) is 24.9 Å². The largest absolute Gasteiger partial charge is 0.497 e. The van der Waals surface area contributed by atoms with Crippen LogP contribution in [0.15, 0.2) is 47.3 Å². The lowest BCUT2D eigenvalue weighted by atomic mass is 10.1. The van der Waals surface area contributed by atoms with Crippen LogP contribution in [-0.2, 0) is 17.6 Å². The van der Waals surface area contributed by atoms with Crippen LogP contribution in [0.3, 0.4) is 0 Å². The normalized spacial score (nSPS) is 16.3. The van der Waals surface area contributed by atoms with E-state index in [9.17, 15) is 9.59 Å². The summed E-state index contributed by atoms with van der Waals surface area (Å²) < 4.78 is 6.48. The zero-order valence-corrected chi connectivity index (χ0v) is 19.5. The first-order valence-electron chi connectivity index (χ1n) is 11.7. The number of carbonyl (C=O) groups is 1. The number of anilines is 1. The van der Waals surface area contributed by atoms with Gasteiger partial charge in [-0.3, -0.25) is 9.59 Å². The molecule has 5 rings (SSSR count). The third kappa shape index (κ3) is 4.25. The van der Waals surface area contributed by atoms with E-state index in [1.807, 2.05) is 24.3 Å². The van der Waals surface area contributed by atoms with E-state index in [4.69, 9.17) is 4.74 Å². The van der Waals surface area contributed by atoms with Gasteiger partial charge in [-0.05, 0) is 68.1 Å². The SMILES string of the molecule is COc1ccc(-c2ccc(=O)n(C(C)C(=O)N3CCN(c4cc5c(nn4)CCC5)CC3)n2)cc1. The van der Waals surface area contributed by atoms with E-state index in [0.717, 1.165) is 42.1 Å². The predicted molar refractivity (Wildman–Crippen MR) is 128 cm³/mol. The number of ether oxygens (including phenoxy) is 1. The highest BCUT2D eigenvalue weighted by molar-refractivity contribution is 5.80. The van der Waals surface area contributed by atoms with Crippen LogP contribution >= 0.6 is 0 Å². The van der Waals surface area contributed by atoms with Crippen LogP contribution in [-0.4, -0.2) is 64.1 Å². The molecule has 9 heteroatoms. The second kappa shape index (κ2) is 9.24. The highest BCUT2D eigenvalue weighted by Crippen LogP contribution is 2.24. The molecule has 176 valence electrons. The lowest BCUT2D eigenvalue weighted by Gasteiger charge is -2.36. The highest BCUT2D eigenvalue weighted by atomic mass is 16.5. The van der Waals surface area contributed by atoms with E-state index in [-0.39, 0.29) is 11.5 Å². The van der Waals surface area contributed by atoms with Crippen LogP contribution < -0.4 is 15.2 Å². The van der Waals surface area contributed by atoms with Crippen molar-refractivity contribution in [1.29, 1.82) is 0 Å². The Hall–Kier alpha value is -3.75. The van der Waals surface area contributed by atoms with Crippen LogP contribution in [0, 0.1) is 0 Å². The number of hydrogen-bond acceptors (Lipinski definition) is 7. The molecule has 0 radical (unpaired) electrons. The second-order valence-electron chi connectivity index (χ2n) is 8.75. The second-order valence-corrected chi connectivity index (χ2v) is 8.75. The molecule has 1 aromatic carbocycles. The standard InChI is InChI=1S/C25H28N6O3/c1-17(31-24(32)11-10-22(28-31)18-6-8-20(34-2)9-7-18)25(33)30-14-12-29(13-15-30)23-16-19-4-3-5-21(19)26-27-23/h6-11,16-17H,3-5,12-15H2,1-2H3. The molecule has 34 heavy (non-hydrogen) atoms. The molecule has 2 aromatic heterocycles. The van der Waals surface area contributed by atoms with E-state index in [1.165, 1.54) is 16.3 Å². The molecule has 0 spiro atoms. The van der Waals surface area contributed by atoms with Crippen LogP contribution in [0.25, 0.3) is 11.3 Å². The first-order chi connectivity index (χ1) is 16.5. The number of piperazine rings is 1. The fourth-order valence-electron chi connectivity index (χ4n) is 4.61. The monoisotopic (exact) mass is 460 g/mol. The summed E-state index contributed by atoms with van der Waals surface area (Å²) in [6.07, 6.45) is 3.21. The van der Waals surface area contributed by atoms with Gasteiger partial charge in [0, 0.05) is 37.8 Å². The molecule has 1 atom stereocenters. The first kappa shape index (κ1) is 22.1. The molecule has 1 fully saturated rings. The highest BCUT2D eigenvalue weighted by Gasteiger charge is 2.28. The van der Waals surface area contributed by atoms with Crippen LogP contribution in [0.4, 0.5) is 5.82 Å². The third-order valence-electron chi connectivity index (χ3n) is 6.66. The van der Waals surface area contributed by atoms with E-state index in [0.29, 0.717) is 31.9 Å². The van der Waals surface area contributed by atoms with Crippen molar-refractivity contribution >= 4 is 11.7 Å². The van der Waals surface area contributed by atoms with E-state index >= 15 is 0 Å². The summed E-state index contributed by atoms with van der Waals surface area (Å²) in [4.78, 5) is 29.8. The summed E-state index contributed by atoms with van der Waals surface area (Å²) in [5.41, 5.74) is 3.57.